The Morgan fingerprint density at radius 1 is 1.23 bits per heavy atom. The zero-order chi connectivity index (χ0) is 16.4. The number of carbonyl (C=O) groups excluding carboxylic acids is 1. The molecule has 1 amide bonds. The van der Waals surface area contributed by atoms with Crippen molar-refractivity contribution in [2.24, 2.45) is 18.7 Å². The first-order valence-corrected chi connectivity index (χ1v) is 8.73. The molecule has 1 aliphatic heterocycles. The fraction of sp³-hybridized carbons (Fsp3) is 0.765. The van der Waals surface area contributed by atoms with Crippen molar-refractivity contribution in [2.45, 2.75) is 44.7 Å². The quantitative estimate of drug-likeness (QED) is 0.801. The molecule has 1 aromatic rings. The van der Waals surface area contributed by atoms with Gasteiger partial charge in [-0.15, -0.1) is 37.2 Å². The molecule has 0 aromatic carbocycles. The summed E-state index contributed by atoms with van der Waals surface area (Å²) in [4.78, 5) is 17.3. The van der Waals surface area contributed by atoms with Crippen LogP contribution >= 0.6 is 37.2 Å². The van der Waals surface area contributed by atoms with E-state index in [0.717, 1.165) is 58.4 Å². The van der Waals surface area contributed by atoms with Crippen LogP contribution in [0.3, 0.4) is 0 Å². The van der Waals surface area contributed by atoms with Gasteiger partial charge in [-0.25, -0.2) is 0 Å². The van der Waals surface area contributed by atoms with Gasteiger partial charge in [0.25, 0.3) is 0 Å². The fourth-order valence-corrected chi connectivity index (χ4v) is 3.92. The lowest BCUT2D eigenvalue weighted by atomic mass is 9.74. The second kappa shape index (κ2) is 10.7. The highest BCUT2D eigenvalue weighted by atomic mass is 35.5. The Morgan fingerprint density at radius 3 is 2.42 bits per heavy atom. The molecule has 0 spiro atoms. The summed E-state index contributed by atoms with van der Waals surface area (Å²) >= 11 is 0. The molecule has 2 atom stereocenters. The van der Waals surface area contributed by atoms with Crippen LogP contribution in [-0.2, 0) is 18.4 Å². The summed E-state index contributed by atoms with van der Waals surface area (Å²) in [7, 11) is 1.94. The number of hydrogen-bond donors (Lipinski definition) is 1. The summed E-state index contributed by atoms with van der Waals surface area (Å²) in [5.41, 5.74) is 7.29. The summed E-state index contributed by atoms with van der Waals surface area (Å²) in [5.74, 6) is 0.275. The van der Waals surface area contributed by atoms with Crippen molar-refractivity contribution in [3.8, 4) is 0 Å². The normalized spacial score (nSPS) is 26.3. The topological polar surface area (TPSA) is 67.4 Å². The summed E-state index contributed by atoms with van der Waals surface area (Å²) in [6.45, 7) is 6.43. The molecule has 0 bridgehead atoms. The molecule has 3 rings (SSSR count). The summed E-state index contributed by atoms with van der Waals surface area (Å²) in [5, 5.41) is 4.21. The highest BCUT2D eigenvalue weighted by Crippen LogP contribution is 2.33. The molecule has 1 saturated carbocycles. The van der Waals surface area contributed by atoms with Crippen molar-refractivity contribution < 1.29 is 4.79 Å². The largest absolute Gasteiger partial charge is 0.340 e. The Bertz CT molecular complexity index is 558. The van der Waals surface area contributed by atoms with Crippen LogP contribution in [0.15, 0.2) is 12.4 Å². The Kier molecular flexibility index (Phi) is 10.5. The van der Waals surface area contributed by atoms with Gasteiger partial charge in [0.15, 0.2) is 0 Å². The molecule has 2 unspecified atom stereocenters. The van der Waals surface area contributed by atoms with E-state index >= 15 is 0 Å². The Balaban J connectivity index is 0.00000208. The van der Waals surface area contributed by atoms with Gasteiger partial charge in [0.2, 0.25) is 5.91 Å². The number of nitrogens with zero attached hydrogens (tertiary/aromatic N) is 4. The third-order valence-electron chi connectivity index (χ3n) is 5.40. The number of piperazine rings is 1. The minimum Gasteiger partial charge on any atom is -0.340 e. The van der Waals surface area contributed by atoms with Crippen molar-refractivity contribution >= 4 is 43.1 Å². The van der Waals surface area contributed by atoms with E-state index in [2.05, 4.69) is 16.2 Å². The molecule has 2 N–H and O–H groups in total. The second-order valence-electron chi connectivity index (χ2n) is 7.43. The van der Waals surface area contributed by atoms with Gasteiger partial charge in [0, 0.05) is 57.1 Å². The molecule has 1 aliphatic carbocycles. The molecule has 0 radical (unpaired) electrons. The molecule has 9 heteroatoms. The van der Waals surface area contributed by atoms with Crippen LogP contribution in [0.1, 0.15) is 38.2 Å². The minimum atomic E-state index is -0.331. The van der Waals surface area contributed by atoms with E-state index in [1.165, 1.54) is 5.56 Å². The smallest absolute Gasteiger partial charge is 0.227 e. The first kappa shape index (κ1) is 25.5. The SMILES string of the molecule is Cl.Cl.Cl.Cn1cc(CN2CCN(C(=O)C3CCCCC3(C)N)CC2)cn1. The molecule has 152 valence electrons. The maximum atomic E-state index is 12.9. The van der Waals surface area contributed by atoms with Gasteiger partial charge in [-0.2, -0.15) is 5.10 Å². The van der Waals surface area contributed by atoms with E-state index in [4.69, 9.17) is 5.73 Å². The zero-order valence-electron chi connectivity index (χ0n) is 15.6. The van der Waals surface area contributed by atoms with Crippen LogP contribution in [-0.4, -0.2) is 57.2 Å². The molecule has 26 heavy (non-hydrogen) atoms. The van der Waals surface area contributed by atoms with Crippen molar-refractivity contribution in [3.05, 3.63) is 18.0 Å². The number of hydrogen-bond acceptors (Lipinski definition) is 4. The highest BCUT2D eigenvalue weighted by molar-refractivity contribution is 5.86. The Morgan fingerprint density at radius 2 is 1.88 bits per heavy atom. The van der Waals surface area contributed by atoms with Crippen molar-refractivity contribution in [2.75, 3.05) is 26.2 Å². The summed E-state index contributed by atoms with van der Waals surface area (Å²) < 4.78 is 1.83. The van der Waals surface area contributed by atoms with E-state index in [1.807, 2.05) is 29.7 Å². The number of aryl methyl sites for hydroxylation is 1. The number of rotatable bonds is 3. The first-order valence-electron chi connectivity index (χ1n) is 8.73. The van der Waals surface area contributed by atoms with Crippen LogP contribution in [0.4, 0.5) is 0 Å². The van der Waals surface area contributed by atoms with Gasteiger partial charge in [-0.1, -0.05) is 12.8 Å². The van der Waals surface area contributed by atoms with Crippen molar-refractivity contribution in [3.63, 3.8) is 0 Å². The summed E-state index contributed by atoms with van der Waals surface area (Å²) in [6, 6.07) is 0. The van der Waals surface area contributed by atoms with Crippen molar-refractivity contribution in [1.82, 2.24) is 19.6 Å². The first-order chi connectivity index (χ1) is 11.0. The Labute approximate surface area is 175 Å². The lowest BCUT2D eigenvalue weighted by Gasteiger charge is -2.42. The van der Waals surface area contributed by atoms with Crippen LogP contribution in [0.2, 0.25) is 0 Å². The molecular weight excluding hydrogens is 397 g/mol. The average molecular weight is 429 g/mol. The Hall–Kier alpha value is -0.530. The van der Waals surface area contributed by atoms with Crippen LogP contribution in [0.25, 0.3) is 0 Å². The van der Waals surface area contributed by atoms with Gasteiger partial charge in [-0.05, 0) is 19.8 Å². The molecule has 1 saturated heterocycles. The molecule has 6 nitrogen and oxygen atoms in total. The third-order valence-corrected chi connectivity index (χ3v) is 5.40. The molecule has 2 fully saturated rings. The van der Waals surface area contributed by atoms with Gasteiger partial charge in [0.1, 0.15) is 0 Å². The number of halogens is 3. The maximum Gasteiger partial charge on any atom is 0.227 e. The zero-order valence-corrected chi connectivity index (χ0v) is 18.0. The van der Waals surface area contributed by atoms with E-state index in [-0.39, 0.29) is 54.6 Å². The van der Waals surface area contributed by atoms with E-state index in [1.54, 1.807) is 0 Å². The van der Waals surface area contributed by atoms with Crippen molar-refractivity contribution in [1.29, 1.82) is 0 Å². The molecular formula is C17H32Cl3N5O. The molecule has 1 aromatic heterocycles. The number of nitrogens with two attached hydrogens (primary N) is 1. The summed E-state index contributed by atoms with van der Waals surface area (Å²) in [6.07, 6.45) is 8.16. The highest BCUT2D eigenvalue weighted by Gasteiger charge is 2.40. The second-order valence-corrected chi connectivity index (χ2v) is 7.43. The van der Waals surface area contributed by atoms with Crippen LogP contribution < -0.4 is 5.73 Å². The van der Waals surface area contributed by atoms with E-state index in [9.17, 15) is 4.79 Å². The average Bonchev–Trinajstić information content (AvgIpc) is 2.92. The number of aromatic nitrogens is 2. The number of carbonyl (C=O) groups is 1. The standard InChI is InChI=1S/C17H29N5O.3ClH/c1-17(18)6-4-3-5-15(17)16(23)22-9-7-21(8-10-22)13-14-11-19-20(2)12-14;;;/h11-12,15H,3-10,13,18H2,1-2H3;3*1H. The van der Waals surface area contributed by atoms with Crippen LogP contribution in [0.5, 0.6) is 0 Å². The number of amides is 1. The van der Waals surface area contributed by atoms with Crippen LogP contribution in [0, 0.1) is 5.92 Å². The lowest BCUT2D eigenvalue weighted by molar-refractivity contribution is -0.140. The molecule has 2 aliphatic rings. The third kappa shape index (κ3) is 5.99. The monoisotopic (exact) mass is 427 g/mol. The van der Waals surface area contributed by atoms with Gasteiger partial charge in [0.05, 0.1) is 12.1 Å². The minimum absolute atomic E-state index is 0. The van der Waals surface area contributed by atoms with E-state index in [0.29, 0.717) is 0 Å². The maximum absolute atomic E-state index is 12.9. The van der Waals surface area contributed by atoms with E-state index < -0.39 is 0 Å². The predicted molar refractivity (Wildman–Crippen MR) is 111 cm³/mol. The van der Waals surface area contributed by atoms with Gasteiger partial charge in [-0.3, -0.25) is 14.4 Å². The fourth-order valence-electron chi connectivity index (χ4n) is 3.92. The lowest BCUT2D eigenvalue weighted by Crippen LogP contribution is -2.57. The molecule has 2 heterocycles. The van der Waals surface area contributed by atoms with Gasteiger partial charge >= 0.3 is 0 Å². The van der Waals surface area contributed by atoms with Gasteiger partial charge < -0.3 is 10.6 Å². The predicted octanol–water partition coefficient (Wildman–Crippen LogP) is 2.24.